The lowest BCUT2D eigenvalue weighted by atomic mass is 10.0. The number of aromatic nitrogens is 3. The van der Waals surface area contributed by atoms with Crippen molar-refractivity contribution in [2.45, 2.75) is 27.3 Å². The Balaban J connectivity index is 1.67. The van der Waals surface area contributed by atoms with Crippen LogP contribution in [0.25, 0.3) is 22.2 Å². The number of fused-ring (bicyclic) bond motifs is 1. The summed E-state index contributed by atoms with van der Waals surface area (Å²) in [6.07, 6.45) is 1.76. The van der Waals surface area contributed by atoms with Gasteiger partial charge in [0.05, 0.1) is 5.69 Å². The fourth-order valence-electron chi connectivity index (χ4n) is 3.43. The molecule has 1 N–H and O–H groups in total. The number of rotatable bonds is 4. The molecule has 146 valence electrons. The van der Waals surface area contributed by atoms with E-state index in [9.17, 15) is 4.79 Å². The number of pyridine rings is 1. The van der Waals surface area contributed by atoms with Crippen molar-refractivity contribution in [1.82, 2.24) is 14.8 Å². The minimum absolute atomic E-state index is 0.0701. The summed E-state index contributed by atoms with van der Waals surface area (Å²) in [6, 6.07) is 15.8. The van der Waals surface area contributed by atoms with Crippen LogP contribution in [-0.2, 0) is 11.3 Å². The predicted octanol–water partition coefficient (Wildman–Crippen LogP) is 5.32. The SMILES string of the molecule is Cc1ccc(-c2ccnc3c2c(C)nn3CC(=O)Nc2cccc(Cl)c2C)cc1. The molecular weight excluding hydrogens is 384 g/mol. The highest BCUT2D eigenvalue weighted by atomic mass is 35.5. The molecule has 0 aliphatic rings. The van der Waals surface area contributed by atoms with E-state index in [2.05, 4.69) is 46.6 Å². The Labute approximate surface area is 174 Å². The Kier molecular flexibility index (Phi) is 5.07. The monoisotopic (exact) mass is 404 g/mol. The summed E-state index contributed by atoms with van der Waals surface area (Å²) >= 11 is 6.15. The number of nitrogens with one attached hydrogen (secondary N) is 1. The zero-order valence-corrected chi connectivity index (χ0v) is 17.3. The number of hydrogen-bond donors (Lipinski definition) is 1. The molecule has 0 atom stereocenters. The fourth-order valence-corrected chi connectivity index (χ4v) is 3.61. The van der Waals surface area contributed by atoms with Crippen LogP contribution < -0.4 is 5.32 Å². The first-order valence-electron chi connectivity index (χ1n) is 9.38. The van der Waals surface area contributed by atoms with Crippen LogP contribution >= 0.6 is 11.6 Å². The molecule has 2 aromatic heterocycles. The zero-order chi connectivity index (χ0) is 20.5. The predicted molar refractivity (Wildman–Crippen MR) is 117 cm³/mol. The molecule has 0 fully saturated rings. The van der Waals surface area contributed by atoms with Crippen molar-refractivity contribution in [3.05, 3.63) is 76.6 Å². The summed E-state index contributed by atoms with van der Waals surface area (Å²) in [4.78, 5) is 17.1. The summed E-state index contributed by atoms with van der Waals surface area (Å²) in [7, 11) is 0. The molecule has 6 heteroatoms. The molecule has 0 radical (unpaired) electrons. The molecule has 0 unspecified atom stereocenters. The molecule has 0 aliphatic carbocycles. The van der Waals surface area contributed by atoms with Gasteiger partial charge in [0, 0.05) is 22.3 Å². The third kappa shape index (κ3) is 3.74. The first-order valence-corrected chi connectivity index (χ1v) is 9.76. The van der Waals surface area contributed by atoms with Gasteiger partial charge >= 0.3 is 0 Å². The van der Waals surface area contributed by atoms with Crippen molar-refractivity contribution in [1.29, 1.82) is 0 Å². The van der Waals surface area contributed by atoms with Crippen LogP contribution in [0.2, 0.25) is 5.02 Å². The Hall–Kier alpha value is -3.18. The summed E-state index contributed by atoms with van der Waals surface area (Å²) < 4.78 is 1.65. The van der Waals surface area contributed by atoms with Gasteiger partial charge in [0.25, 0.3) is 0 Å². The average Bonchev–Trinajstić information content (AvgIpc) is 3.02. The van der Waals surface area contributed by atoms with Gasteiger partial charge in [-0.05, 0) is 55.7 Å². The maximum Gasteiger partial charge on any atom is 0.246 e. The molecule has 0 aliphatic heterocycles. The molecule has 0 spiro atoms. The van der Waals surface area contributed by atoms with Gasteiger partial charge in [-0.15, -0.1) is 0 Å². The van der Waals surface area contributed by atoms with Crippen LogP contribution in [-0.4, -0.2) is 20.7 Å². The summed E-state index contributed by atoms with van der Waals surface area (Å²) in [5, 5.41) is 9.08. The molecule has 2 aromatic carbocycles. The number of benzene rings is 2. The normalized spacial score (nSPS) is 11.0. The maximum atomic E-state index is 12.6. The summed E-state index contributed by atoms with van der Waals surface area (Å²) in [5.74, 6) is -0.178. The van der Waals surface area contributed by atoms with Gasteiger partial charge in [-0.3, -0.25) is 4.79 Å². The molecule has 2 heterocycles. The lowest BCUT2D eigenvalue weighted by Gasteiger charge is -2.10. The van der Waals surface area contributed by atoms with Gasteiger partial charge in [0.1, 0.15) is 6.54 Å². The molecule has 1 amide bonds. The Morgan fingerprint density at radius 1 is 1.07 bits per heavy atom. The quantitative estimate of drug-likeness (QED) is 0.501. The van der Waals surface area contributed by atoms with E-state index in [-0.39, 0.29) is 12.5 Å². The van der Waals surface area contributed by atoms with Crippen LogP contribution in [0.5, 0.6) is 0 Å². The Bertz CT molecular complexity index is 1210. The van der Waals surface area contributed by atoms with Crippen molar-refractivity contribution >= 4 is 34.2 Å². The number of carbonyl (C=O) groups is 1. The van der Waals surface area contributed by atoms with Crippen molar-refractivity contribution < 1.29 is 4.79 Å². The number of hydrogen-bond acceptors (Lipinski definition) is 3. The van der Waals surface area contributed by atoms with Crippen molar-refractivity contribution in [3.8, 4) is 11.1 Å². The van der Waals surface area contributed by atoms with E-state index in [0.717, 1.165) is 27.8 Å². The van der Waals surface area contributed by atoms with E-state index >= 15 is 0 Å². The van der Waals surface area contributed by atoms with Crippen LogP contribution in [0.3, 0.4) is 0 Å². The van der Waals surface area contributed by atoms with E-state index < -0.39 is 0 Å². The molecule has 0 saturated carbocycles. The van der Waals surface area contributed by atoms with E-state index in [1.807, 2.05) is 32.0 Å². The lowest BCUT2D eigenvalue weighted by Crippen LogP contribution is -2.20. The topological polar surface area (TPSA) is 59.8 Å². The first kappa shape index (κ1) is 19.2. The number of nitrogens with zero attached hydrogens (tertiary/aromatic N) is 3. The van der Waals surface area contributed by atoms with Crippen molar-refractivity contribution in [2.24, 2.45) is 0 Å². The van der Waals surface area contributed by atoms with Crippen molar-refractivity contribution in [3.63, 3.8) is 0 Å². The maximum absolute atomic E-state index is 12.6. The molecule has 0 saturated heterocycles. The Morgan fingerprint density at radius 3 is 2.59 bits per heavy atom. The summed E-state index contributed by atoms with van der Waals surface area (Å²) in [6.45, 7) is 5.95. The number of aryl methyl sites for hydroxylation is 2. The van der Waals surface area contributed by atoms with Gasteiger partial charge in [-0.2, -0.15) is 5.10 Å². The second-order valence-corrected chi connectivity index (χ2v) is 7.53. The zero-order valence-electron chi connectivity index (χ0n) is 16.5. The van der Waals surface area contributed by atoms with Crippen molar-refractivity contribution in [2.75, 3.05) is 5.32 Å². The van der Waals surface area contributed by atoms with Gasteiger partial charge in [0.2, 0.25) is 5.91 Å². The van der Waals surface area contributed by atoms with E-state index in [1.54, 1.807) is 16.9 Å². The van der Waals surface area contributed by atoms with Gasteiger partial charge in [-0.25, -0.2) is 9.67 Å². The number of halogens is 1. The third-order valence-electron chi connectivity index (χ3n) is 5.01. The fraction of sp³-hybridized carbons (Fsp3) is 0.174. The van der Waals surface area contributed by atoms with Crippen LogP contribution in [0.15, 0.2) is 54.7 Å². The minimum atomic E-state index is -0.178. The second kappa shape index (κ2) is 7.68. The highest BCUT2D eigenvalue weighted by Crippen LogP contribution is 2.30. The number of amides is 1. The highest BCUT2D eigenvalue weighted by molar-refractivity contribution is 6.31. The third-order valence-corrected chi connectivity index (χ3v) is 5.42. The average molecular weight is 405 g/mol. The Morgan fingerprint density at radius 2 is 1.83 bits per heavy atom. The molecule has 4 aromatic rings. The molecule has 29 heavy (non-hydrogen) atoms. The standard InChI is InChI=1S/C23H21ClN4O/c1-14-7-9-17(10-8-14)18-11-12-25-23-22(18)16(3)27-28(23)13-21(29)26-20-6-4-5-19(24)15(20)2/h4-12H,13H2,1-3H3,(H,26,29). The second-order valence-electron chi connectivity index (χ2n) is 7.13. The smallest absolute Gasteiger partial charge is 0.246 e. The molecule has 5 nitrogen and oxygen atoms in total. The molecule has 4 rings (SSSR count). The van der Waals surface area contributed by atoms with E-state index in [0.29, 0.717) is 16.4 Å². The van der Waals surface area contributed by atoms with Crippen LogP contribution in [0, 0.1) is 20.8 Å². The van der Waals surface area contributed by atoms with E-state index in [4.69, 9.17) is 11.6 Å². The van der Waals surface area contributed by atoms with Crippen LogP contribution in [0.1, 0.15) is 16.8 Å². The summed E-state index contributed by atoms with van der Waals surface area (Å²) in [5.41, 5.74) is 6.44. The number of carbonyl (C=O) groups excluding carboxylic acids is 1. The first-order chi connectivity index (χ1) is 13.9. The van der Waals surface area contributed by atoms with Crippen LogP contribution in [0.4, 0.5) is 5.69 Å². The minimum Gasteiger partial charge on any atom is -0.324 e. The van der Waals surface area contributed by atoms with E-state index in [1.165, 1.54) is 5.56 Å². The van der Waals surface area contributed by atoms with Gasteiger partial charge < -0.3 is 5.32 Å². The molecular formula is C23H21ClN4O. The molecule has 0 bridgehead atoms. The highest BCUT2D eigenvalue weighted by Gasteiger charge is 2.16. The lowest BCUT2D eigenvalue weighted by molar-refractivity contribution is -0.116. The van der Waals surface area contributed by atoms with Gasteiger partial charge in [0.15, 0.2) is 5.65 Å². The number of anilines is 1. The van der Waals surface area contributed by atoms with Gasteiger partial charge in [-0.1, -0.05) is 47.5 Å². The largest absolute Gasteiger partial charge is 0.324 e.